The first-order valence-electron chi connectivity index (χ1n) is 6.56. The summed E-state index contributed by atoms with van der Waals surface area (Å²) in [6.45, 7) is 6.43. The summed E-state index contributed by atoms with van der Waals surface area (Å²) >= 11 is 8.34. The lowest BCUT2D eigenvalue weighted by Gasteiger charge is -2.36. The Labute approximate surface area is 128 Å². The molecule has 108 valence electrons. The van der Waals surface area contributed by atoms with Crippen LogP contribution < -0.4 is 4.90 Å². The van der Waals surface area contributed by atoms with Gasteiger partial charge in [0.05, 0.1) is 10.7 Å². The van der Waals surface area contributed by atoms with Crippen LogP contribution in [0.5, 0.6) is 0 Å². The fraction of sp³-hybridized carbons (Fsp3) is 0.400. The topological polar surface area (TPSA) is 40.5 Å². The zero-order chi connectivity index (χ0) is 14.7. The number of carboxylic acids is 1. The molecule has 20 heavy (non-hydrogen) atoms. The fourth-order valence-corrected chi connectivity index (χ4v) is 4.06. The van der Waals surface area contributed by atoms with E-state index in [0.29, 0.717) is 15.5 Å². The van der Waals surface area contributed by atoms with Crippen LogP contribution in [0.4, 0.5) is 5.69 Å². The number of carbonyl (C=O) groups is 1. The molecule has 2 rings (SSSR count). The van der Waals surface area contributed by atoms with Gasteiger partial charge in [-0.3, -0.25) is 0 Å². The van der Waals surface area contributed by atoms with E-state index in [2.05, 4.69) is 18.7 Å². The van der Waals surface area contributed by atoms with Crippen LogP contribution in [0.2, 0.25) is 5.02 Å². The van der Waals surface area contributed by atoms with Crippen LogP contribution in [-0.4, -0.2) is 34.7 Å². The molecule has 0 amide bonds. The standard InChI is InChI=1S/C15H18ClNO2S/c1-10-8-17(9-11(2)20-10)14-5-3-12(7-13(14)16)4-6-15(18)19/h3-7,10-11H,8-9H2,1-2H3,(H,18,19)/b6-4+. The molecular formula is C15H18ClNO2S. The summed E-state index contributed by atoms with van der Waals surface area (Å²) in [6, 6.07) is 5.68. The van der Waals surface area contributed by atoms with Crippen molar-refractivity contribution in [2.75, 3.05) is 18.0 Å². The van der Waals surface area contributed by atoms with E-state index in [4.69, 9.17) is 16.7 Å². The van der Waals surface area contributed by atoms with Gasteiger partial charge < -0.3 is 10.0 Å². The molecule has 0 aliphatic carbocycles. The van der Waals surface area contributed by atoms with Gasteiger partial charge in [-0.2, -0.15) is 11.8 Å². The number of hydrogen-bond acceptors (Lipinski definition) is 3. The summed E-state index contributed by atoms with van der Waals surface area (Å²) in [5.74, 6) is -0.957. The van der Waals surface area contributed by atoms with Gasteiger partial charge >= 0.3 is 5.97 Å². The van der Waals surface area contributed by atoms with Crippen molar-refractivity contribution in [3.05, 3.63) is 34.9 Å². The van der Waals surface area contributed by atoms with Gasteiger partial charge in [0, 0.05) is 29.7 Å². The van der Waals surface area contributed by atoms with Gasteiger partial charge in [0.15, 0.2) is 0 Å². The first-order valence-corrected chi connectivity index (χ1v) is 7.88. The molecule has 1 aromatic carbocycles. The third kappa shape index (κ3) is 3.93. The third-order valence-corrected chi connectivity index (χ3v) is 4.68. The van der Waals surface area contributed by atoms with Crippen molar-refractivity contribution in [2.45, 2.75) is 24.3 Å². The number of hydrogen-bond donors (Lipinski definition) is 1. The molecule has 0 radical (unpaired) electrons. The average molecular weight is 312 g/mol. The van der Waals surface area contributed by atoms with Crippen LogP contribution in [-0.2, 0) is 4.79 Å². The molecular weight excluding hydrogens is 294 g/mol. The number of thioether (sulfide) groups is 1. The van der Waals surface area contributed by atoms with Crippen LogP contribution in [0, 0.1) is 0 Å². The minimum absolute atomic E-state index is 0.585. The second-order valence-electron chi connectivity index (χ2n) is 5.04. The zero-order valence-corrected chi connectivity index (χ0v) is 13.1. The van der Waals surface area contributed by atoms with E-state index >= 15 is 0 Å². The number of nitrogens with zero attached hydrogens (tertiary/aromatic N) is 1. The van der Waals surface area contributed by atoms with E-state index in [-0.39, 0.29) is 0 Å². The van der Waals surface area contributed by atoms with Gasteiger partial charge in [-0.25, -0.2) is 4.79 Å². The zero-order valence-electron chi connectivity index (χ0n) is 11.5. The van der Waals surface area contributed by atoms with Crippen LogP contribution in [0.3, 0.4) is 0 Å². The maximum absolute atomic E-state index is 10.5. The highest BCUT2D eigenvalue weighted by Gasteiger charge is 2.23. The molecule has 0 saturated carbocycles. The minimum atomic E-state index is -0.957. The Balaban J connectivity index is 2.19. The molecule has 1 fully saturated rings. The van der Waals surface area contributed by atoms with Crippen LogP contribution in [0.25, 0.3) is 6.08 Å². The molecule has 1 heterocycles. The second kappa shape index (κ2) is 6.55. The van der Waals surface area contributed by atoms with Crippen molar-refractivity contribution in [1.82, 2.24) is 0 Å². The van der Waals surface area contributed by atoms with E-state index in [0.717, 1.165) is 30.4 Å². The smallest absolute Gasteiger partial charge is 0.328 e. The van der Waals surface area contributed by atoms with E-state index in [9.17, 15) is 4.79 Å². The van der Waals surface area contributed by atoms with Crippen LogP contribution >= 0.6 is 23.4 Å². The summed E-state index contributed by atoms with van der Waals surface area (Å²) in [4.78, 5) is 12.8. The van der Waals surface area contributed by atoms with E-state index < -0.39 is 5.97 Å². The van der Waals surface area contributed by atoms with E-state index in [1.165, 1.54) is 0 Å². The summed E-state index contributed by atoms with van der Waals surface area (Å²) in [6.07, 6.45) is 2.67. The maximum atomic E-state index is 10.5. The molecule has 1 aromatic rings. The third-order valence-electron chi connectivity index (χ3n) is 3.15. The van der Waals surface area contributed by atoms with Crippen LogP contribution in [0.15, 0.2) is 24.3 Å². The average Bonchev–Trinajstić information content (AvgIpc) is 2.35. The Morgan fingerprint density at radius 2 is 2.05 bits per heavy atom. The van der Waals surface area contributed by atoms with Crippen molar-refractivity contribution in [1.29, 1.82) is 0 Å². The first-order chi connectivity index (χ1) is 9.45. The summed E-state index contributed by atoms with van der Waals surface area (Å²) in [7, 11) is 0. The normalized spacial score (nSPS) is 23.2. The molecule has 1 N–H and O–H groups in total. The van der Waals surface area contributed by atoms with Crippen LogP contribution in [0.1, 0.15) is 19.4 Å². The molecule has 5 heteroatoms. The lowest BCUT2D eigenvalue weighted by atomic mass is 10.1. The second-order valence-corrected chi connectivity index (χ2v) is 7.33. The molecule has 0 aromatic heterocycles. The van der Waals surface area contributed by atoms with Crippen molar-refractivity contribution in [2.24, 2.45) is 0 Å². The van der Waals surface area contributed by atoms with Gasteiger partial charge in [0.2, 0.25) is 0 Å². The molecule has 2 unspecified atom stereocenters. The van der Waals surface area contributed by atoms with E-state index in [1.54, 1.807) is 6.08 Å². The van der Waals surface area contributed by atoms with Crippen molar-refractivity contribution in [3.63, 3.8) is 0 Å². The number of aliphatic carboxylic acids is 1. The fourth-order valence-electron chi connectivity index (χ4n) is 2.43. The Bertz CT molecular complexity index is 523. The SMILES string of the molecule is CC1CN(c2ccc(/C=C/C(=O)O)cc2Cl)CC(C)S1. The number of halogens is 1. The Morgan fingerprint density at radius 1 is 1.40 bits per heavy atom. The number of benzene rings is 1. The highest BCUT2D eigenvalue weighted by molar-refractivity contribution is 8.00. The predicted molar refractivity (Wildman–Crippen MR) is 86.8 cm³/mol. The lowest BCUT2D eigenvalue weighted by Crippen LogP contribution is -2.40. The summed E-state index contributed by atoms with van der Waals surface area (Å²) in [5.41, 5.74) is 1.83. The molecule has 2 atom stereocenters. The molecule has 1 aliphatic heterocycles. The van der Waals surface area contributed by atoms with Crippen molar-refractivity contribution < 1.29 is 9.90 Å². The minimum Gasteiger partial charge on any atom is -0.478 e. The molecule has 1 saturated heterocycles. The monoisotopic (exact) mass is 311 g/mol. The van der Waals surface area contributed by atoms with Gasteiger partial charge in [0.1, 0.15) is 0 Å². The van der Waals surface area contributed by atoms with Gasteiger partial charge in [-0.15, -0.1) is 0 Å². The number of rotatable bonds is 3. The molecule has 0 spiro atoms. The molecule has 0 bridgehead atoms. The Morgan fingerprint density at radius 3 is 2.60 bits per heavy atom. The highest BCUT2D eigenvalue weighted by Crippen LogP contribution is 2.33. The van der Waals surface area contributed by atoms with Gasteiger partial charge in [-0.05, 0) is 23.8 Å². The first kappa shape index (κ1) is 15.3. The largest absolute Gasteiger partial charge is 0.478 e. The Kier molecular flexibility index (Phi) is 5.00. The van der Waals surface area contributed by atoms with E-state index in [1.807, 2.05) is 30.0 Å². The van der Waals surface area contributed by atoms with Crippen molar-refractivity contribution >= 4 is 41.1 Å². The summed E-state index contributed by atoms with van der Waals surface area (Å²) in [5, 5.41) is 10.5. The van der Waals surface area contributed by atoms with Gasteiger partial charge in [-0.1, -0.05) is 31.5 Å². The predicted octanol–water partition coefficient (Wildman–Crippen LogP) is 3.77. The summed E-state index contributed by atoms with van der Waals surface area (Å²) < 4.78 is 0. The molecule has 1 aliphatic rings. The van der Waals surface area contributed by atoms with Gasteiger partial charge in [0.25, 0.3) is 0 Å². The number of carboxylic acid groups (broad SMARTS) is 1. The Hall–Kier alpha value is -1.13. The highest BCUT2D eigenvalue weighted by atomic mass is 35.5. The lowest BCUT2D eigenvalue weighted by molar-refractivity contribution is -0.131. The molecule has 3 nitrogen and oxygen atoms in total. The number of anilines is 1. The quantitative estimate of drug-likeness (QED) is 0.863. The van der Waals surface area contributed by atoms with Crippen molar-refractivity contribution in [3.8, 4) is 0 Å². The maximum Gasteiger partial charge on any atom is 0.328 e.